The van der Waals surface area contributed by atoms with Crippen LogP contribution < -0.4 is 10.8 Å². The van der Waals surface area contributed by atoms with Crippen LogP contribution in [0.4, 0.5) is 0 Å². The molecule has 1 aromatic rings. The first kappa shape index (κ1) is 17.9. The third kappa shape index (κ3) is 6.51. The Bertz CT molecular complexity index is 523. The van der Waals surface area contributed by atoms with Gasteiger partial charge in [-0.05, 0) is 29.5 Å². The number of carbonyl (C=O) groups is 2. The molecule has 6 nitrogen and oxygen atoms in total. The number of benzene rings is 1. The first-order valence-electron chi connectivity index (χ1n) is 7.09. The molecule has 0 saturated heterocycles. The van der Waals surface area contributed by atoms with Crippen molar-refractivity contribution in [3.63, 3.8) is 0 Å². The third-order valence-corrected chi connectivity index (χ3v) is 3.07. The van der Waals surface area contributed by atoms with Crippen LogP contribution in [0.1, 0.15) is 31.4 Å². The summed E-state index contributed by atoms with van der Waals surface area (Å²) in [6.45, 7) is 4.44. The maximum absolute atomic E-state index is 11.2. The number of carboxylic acid groups (broad SMARTS) is 1. The summed E-state index contributed by atoms with van der Waals surface area (Å²) in [5.41, 5.74) is 3.28. The minimum Gasteiger partial charge on any atom is -0.480 e. The fourth-order valence-electron chi connectivity index (χ4n) is 1.94. The van der Waals surface area contributed by atoms with Crippen molar-refractivity contribution < 1.29 is 19.9 Å². The number of hydrogen-bond acceptors (Lipinski definition) is 4. The molecule has 1 amide bonds. The van der Waals surface area contributed by atoms with Gasteiger partial charge in [-0.25, -0.2) is 5.48 Å². The molecule has 0 spiro atoms. The number of rotatable bonds is 8. The highest BCUT2D eigenvalue weighted by Gasteiger charge is 2.17. The summed E-state index contributed by atoms with van der Waals surface area (Å²) in [6, 6.07) is 6.79. The van der Waals surface area contributed by atoms with Gasteiger partial charge in [0.15, 0.2) is 0 Å². The molecule has 0 aliphatic heterocycles. The minimum absolute atomic E-state index is 0.304. The van der Waals surface area contributed by atoms with Crippen LogP contribution in [0.25, 0.3) is 6.08 Å². The van der Waals surface area contributed by atoms with Crippen molar-refractivity contribution in [1.29, 1.82) is 0 Å². The van der Waals surface area contributed by atoms with E-state index in [9.17, 15) is 9.59 Å². The lowest BCUT2D eigenvalue weighted by Gasteiger charge is -2.16. The first-order valence-corrected chi connectivity index (χ1v) is 7.09. The molecular formula is C16H22N2O4. The Morgan fingerprint density at radius 3 is 2.36 bits per heavy atom. The molecule has 22 heavy (non-hydrogen) atoms. The number of hydroxylamine groups is 1. The molecule has 1 rings (SSSR count). The van der Waals surface area contributed by atoms with Crippen LogP contribution in [0, 0.1) is 5.92 Å². The maximum atomic E-state index is 11.2. The molecule has 1 aromatic carbocycles. The summed E-state index contributed by atoms with van der Waals surface area (Å²) in [5.74, 6) is -1.13. The normalized spacial score (nSPS) is 12.5. The molecule has 6 heteroatoms. The van der Waals surface area contributed by atoms with Gasteiger partial charge in [0.2, 0.25) is 0 Å². The number of carboxylic acids is 1. The summed E-state index contributed by atoms with van der Waals surface area (Å²) in [4.78, 5) is 22.0. The Kier molecular flexibility index (Phi) is 7.28. The topological polar surface area (TPSA) is 98.7 Å². The van der Waals surface area contributed by atoms with E-state index >= 15 is 0 Å². The van der Waals surface area contributed by atoms with Crippen molar-refractivity contribution in [2.45, 2.75) is 32.9 Å². The van der Waals surface area contributed by atoms with Crippen LogP contribution in [0.5, 0.6) is 0 Å². The summed E-state index contributed by atoms with van der Waals surface area (Å²) in [6.07, 6.45) is 3.37. The second kappa shape index (κ2) is 8.96. The second-order valence-corrected chi connectivity index (χ2v) is 5.45. The van der Waals surface area contributed by atoms with Crippen molar-refractivity contribution in [3.8, 4) is 0 Å². The number of hydrogen-bond donors (Lipinski definition) is 4. The zero-order valence-electron chi connectivity index (χ0n) is 12.7. The molecule has 0 aliphatic rings. The zero-order valence-corrected chi connectivity index (χ0v) is 12.7. The molecule has 4 N–H and O–H groups in total. The van der Waals surface area contributed by atoms with E-state index < -0.39 is 17.9 Å². The number of carbonyl (C=O) groups excluding carboxylic acids is 1. The van der Waals surface area contributed by atoms with Gasteiger partial charge in [0.25, 0.3) is 5.91 Å². The van der Waals surface area contributed by atoms with Crippen molar-refractivity contribution in [2.75, 3.05) is 0 Å². The Hall–Kier alpha value is -2.18. The highest BCUT2D eigenvalue weighted by molar-refractivity contribution is 5.90. The van der Waals surface area contributed by atoms with E-state index in [4.69, 9.17) is 10.3 Å². The fraction of sp³-hybridized carbons (Fsp3) is 0.375. The molecule has 0 aliphatic carbocycles. The van der Waals surface area contributed by atoms with Gasteiger partial charge >= 0.3 is 5.97 Å². The summed E-state index contributed by atoms with van der Waals surface area (Å²) in [7, 11) is 0. The third-order valence-electron chi connectivity index (χ3n) is 3.07. The molecular weight excluding hydrogens is 284 g/mol. The van der Waals surface area contributed by atoms with Gasteiger partial charge in [-0.3, -0.25) is 14.8 Å². The monoisotopic (exact) mass is 306 g/mol. The molecule has 0 bridgehead atoms. The SMILES string of the molecule is CC(C)C[C@H](NCc1ccc(/C=C/C(=O)NO)cc1)C(=O)O. The smallest absolute Gasteiger partial charge is 0.320 e. The van der Waals surface area contributed by atoms with E-state index in [0.717, 1.165) is 11.1 Å². The molecule has 0 radical (unpaired) electrons. The van der Waals surface area contributed by atoms with Gasteiger partial charge in [0.1, 0.15) is 6.04 Å². The van der Waals surface area contributed by atoms with Crippen LogP contribution in [-0.2, 0) is 16.1 Å². The highest BCUT2D eigenvalue weighted by atomic mass is 16.5. The van der Waals surface area contributed by atoms with E-state index in [-0.39, 0.29) is 0 Å². The van der Waals surface area contributed by atoms with Crippen LogP contribution in [0.3, 0.4) is 0 Å². The lowest BCUT2D eigenvalue weighted by molar-refractivity contribution is -0.140. The average Bonchev–Trinajstić information content (AvgIpc) is 2.49. The van der Waals surface area contributed by atoms with E-state index in [2.05, 4.69) is 5.32 Å². The number of nitrogens with one attached hydrogen (secondary N) is 2. The van der Waals surface area contributed by atoms with Gasteiger partial charge in [0.05, 0.1) is 0 Å². The zero-order chi connectivity index (χ0) is 16.5. The van der Waals surface area contributed by atoms with Gasteiger partial charge in [-0.1, -0.05) is 38.1 Å². The van der Waals surface area contributed by atoms with Gasteiger partial charge in [-0.2, -0.15) is 0 Å². The molecule has 0 aromatic heterocycles. The Morgan fingerprint density at radius 2 is 1.86 bits per heavy atom. The van der Waals surface area contributed by atoms with E-state index in [1.807, 2.05) is 38.1 Å². The van der Waals surface area contributed by atoms with Crippen LogP contribution in [0.2, 0.25) is 0 Å². The first-order chi connectivity index (χ1) is 10.4. The Labute approximate surface area is 129 Å². The van der Waals surface area contributed by atoms with Crippen LogP contribution >= 0.6 is 0 Å². The molecule has 120 valence electrons. The standard InChI is InChI=1S/C16H22N2O4/c1-11(2)9-14(16(20)21)17-10-13-5-3-12(4-6-13)7-8-15(19)18-22/h3-8,11,14,17,22H,9-10H2,1-2H3,(H,18,19)(H,20,21)/b8-7+/t14-/m0/s1. The van der Waals surface area contributed by atoms with E-state index in [1.165, 1.54) is 11.6 Å². The van der Waals surface area contributed by atoms with Crippen molar-refractivity contribution in [3.05, 3.63) is 41.5 Å². The van der Waals surface area contributed by atoms with Crippen molar-refractivity contribution in [2.24, 2.45) is 5.92 Å². The largest absolute Gasteiger partial charge is 0.480 e. The van der Waals surface area contributed by atoms with Gasteiger partial charge in [0, 0.05) is 12.6 Å². The van der Waals surface area contributed by atoms with Crippen molar-refractivity contribution >= 4 is 18.0 Å². The number of amides is 1. The highest BCUT2D eigenvalue weighted by Crippen LogP contribution is 2.09. The van der Waals surface area contributed by atoms with E-state index in [0.29, 0.717) is 18.9 Å². The molecule has 0 saturated carbocycles. The summed E-state index contributed by atoms with van der Waals surface area (Å²) in [5, 5.41) is 20.6. The number of aliphatic carboxylic acids is 1. The average molecular weight is 306 g/mol. The Balaban J connectivity index is 2.58. The van der Waals surface area contributed by atoms with E-state index in [1.54, 1.807) is 6.08 Å². The predicted molar refractivity (Wildman–Crippen MR) is 83.1 cm³/mol. The minimum atomic E-state index is -0.844. The summed E-state index contributed by atoms with van der Waals surface area (Å²) < 4.78 is 0. The molecule has 0 fully saturated rings. The fourth-order valence-corrected chi connectivity index (χ4v) is 1.94. The molecule has 0 heterocycles. The Morgan fingerprint density at radius 1 is 1.23 bits per heavy atom. The van der Waals surface area contributed by atoms with Crippen LogP contribution in [-0.4, -0.2) is 28.2 Å². The maximum Gasteiger partial charge on any atom is 0.320 e. The molecule has 0 unspecified atom stereocenters. The predicted octanol–water partition coefficient (Wildman–Crippen LogP) is 1.79. The van der Waals surface area contributed by atoms with Crippen molar-refractivity contribution in [1.82, 2.24) is 10.8 Å². The second-order valence-electron chi connectivity index (χ2n) is 5.45. The van der Waals surface area contributed by atoms with Gasteiger partial charge < -0.3 is 10.4 Å². The quantitative estimate of drug-likeness (QED) is 0.333. The van der Waals surface area contributed by atoms with Gasteiger partial charge in [-0.15, -0.1) is 0 Å². The lowest BCUT2D eigenvalue weighted by Crippen LogP contribution is -2.37. The summed E-state index contributed by atoms with van der Waals surface area (Å²) >= 11 is 0. The lowest BCUT2D eigenvalue weighted by atomic mass is 10.0. The van der Waals surface area contributed by atoms with Crippen LogP contribution in [0.15, 0.2) is 30.3 Å². The molecule has 1 atom stereocenters.